The third-order valence-electron chi connectivity index (χ3n) is 8.42. The van der Waals surface area contributed by atoms with Crippen LogP contribution >= 0.6 is 0 Å². The minimum atomic E-state index is -2.78. The molecule has 0 spiro atoms. The smallest absolute Gasteiger partial charge is 0.235 e. The van der Waals surface area contributed by atoms with Gasteiger partial charge in [0, 0.05) is 11.5 Å². The van der Waals surface area contributed by atoms with E-state index in [0.29, 0.717) is 22.4 Å². The van der Waals surface area contributed by atoms with Crippen molar-refractivity contribution in [3.63, 3.8) is 0 Å². The van der Waals surface area contributed by atoms with Crippen molar-refractivity contribution in [1.29, 1.82) is 0 Å². The molecule has 2 fully saturated rings. The Kier molecular flexibility index (Phi) is 6.11. The van der Waals surface area contributed by atoms with Gasteiger partial charge in [-0.05, 0) is 68.2 Å². The van der Waals surface area contributed by atoms with Crippen molar-refractivity contribution >= 4 is 29.0 Å². The number of carbonyl (C=O) groups is 5. The van der Waals surface area contributed by atoms with Crippen LogP contribution in [0.4, 0.5) is 0 Å². The summed E-state index contributed by atoms with van der Waals surface area (Å²) in [5, 5.41) is 32.5. The van der Waals surface area contributed by atoms with Crippen molar-refractivity contribution in [1.82, 2.24) is 4.90 Å². The minimum Gasteiger partial charge on any atom is -0.508 e. The van der Waals surface area contributed by atoms with Crippen LogP contribution < -0.4 is 10.5 Å². The van der Waals surface area contributed by atoms with Gasteiger partial charge in [-0.25, -0.2) is 0 Å². The predicted molar refractivity (Wildman–Crippen MR) is 135 cm³/mol. The fraction of sp³-hybridized carbons (Fsp3) is 0.393. The van der Waals surface area contributed by atoms with Crippen LogP contribution in [0.2, 0.25) is 0 Å². The molecule has 2 saturated carbocycles. The number of rotatable bonds is 4. The zero-order valence-electron chi connectivity index (χ0n) is 21.5. The molecule has 11 nitrogen and oxygen atoms in total. The Morgan fingerprint density at radius 2 is 1.74 bits per heavy atom. The molecule has 2 unspecified atom stereocenters. The molecule has 0 aliphatic heterocycles. The summed E-state index contributed by atoms with van der Waals surface area (Å²) < 4.78 is 5.44. The molecule has 204 valence electrons. The Hall–Kier alpha value is -4.09. The van der Waals surface area contributed by atoms with Crippen molar-refractivity contribution in [3.05, 3.63) is 41.5 Å². The number of carbonyl (C=O) groups excluding carboxylic acids is 5. The first-order chi connectivity index (χ1) is 18.3. The van der Waals surface area contributed by atoms with E-state index in [-0.39, 0.29) is 29.9 Å². The molecule has 0 heterocycles. The molecular formula is C28H28N2O9. The second-order valence-electron chi connectivity index (χ2n) is 10.7. The first kappa shape index (κ1) is 26.5. The molecule has 11 heteroatoms. The molecule has 0 bridgehead atoms. The van der Waals surface area contributed by atoms with Gasteiger partial charge >= 0.3 is 0 Å². The highest BCUT2D eigenvalue weighted by Gasteiger charge is 2.69. The number of methoxy groups -OCH3 is 1. The lowest BCUT2D eigenvalue weighted by Crippen LogP contribution is -2.74. The molecule has 39 heavy (non-hydrogen) atoms. The second kappa shape index (κ2) is 8.99. The third kappa shape index (κ3) is 3.60. The molecule has 2 aromatic rings. The first-order valence-electron chi connectivity index (χ1n) is 12.4. The van der Waals surface area contributed by atoms with Crippen molar-refractivity contribution in [2.75, 3.05) is 21.2 Å². The molecule has 0 radical (unpaired) electrons. The van der Waals surface area contributed by atoms with E-state index >= 15 is 0 Å². The number of aliphatic hydroxyl groups is 1. The van der Waals surface area contributed by atoms with E-state index in [1.807, 2.05) is 0 Å². The van der Waals surface area contributed by atoms with Crippen molar-refractivity contribution in [3.8, 4) is 28.4 Å². The van der Waals surface area contributed by atoms with E-state index in [1.54, 1.807) is 12.1 Å². The van der Waals surface area contributed by atoms with Gasteiger partial charge in [0.25, 0.3) is 0 Å². The number of nitrogens with zero attached hydrogens (tertiary/aromatic N) is 1. The van der Waals surface area contributed by atoms with Crippen molar-refractivity contribution < 1.29 is 44.0 Å². The highest BCUT2D eigenvalue weighted by molar-refractivity contribution is 6.32. The van der Waals surface area contributed by atoms with Crippen molar-refractivity contribution in [2.45, 2.75) is 24.5 Å². The SMILES string of the molecule is COc1ccc(O)cc1-c1ccc(O)c2c1C[C@@H]1C[C@@H]3[C@@H](N(C)C)C(=O)C(C(N)=O)C(=O)[C@]3(O)C(=O)C1C2=O. The van der Waals surface area contributed by atoms with E-state index in [4.69, 9.17) is 10.5 Å². The number of aromatic hydroxyl groups is 2. The van der Waals surface area contributed by atoms with Crippen LogP contribution in [0.25, 0.3) is 11.1 Å². The molecule has 5 N–H and O–H groups in total. The van der Waals surface area contributed by atoms with Crippen LogP contribution in [0.15, 0.2) is 30.3 Å². The number of ketones is 4. The number of benzene rings is 2. The number of fused-ring (bicyclic) bond motifs is 3. The van der Waals surface area contributed by atoms with Gasteiger partial charge in [-0.1, -0.05) is 6.07 Å². The number of hydrogen-bond acceptors (Lipinski definition) is 10. The van der Waals surface area contributed by atoms with E-state index in [9.17, 15) is 39.3 Å². The number of amides is 1. The van der Waals surface area contributed by atoms with Gasteiger partial charge < -0.3 is 25.8 Å². The topological polar surface area (TPSA) is 185 Å². The van der Waals surface area contributed by atoms with Gasteiger partial charge in [-0.3, -0.25) is 28.9 Å². The summed E-state index contributed by atoms with van der Waals surface area (Å²) >= 11 is 0. The molecule has 1 amide bonds. The average Bonchev–Trinajstić information content (AvgIpc) is 2.86. The van der Waals surface area contributed by atoms with Crippen molar-refractivity contribution in [2.24, 2.45) is 29.4 Å². The summed E-state index contributed by atoms with van der Waals surface area (Å²) in [6, 6.07) is 6.13. The molecular weight excluding hydrogens is 508 g/mol. The maximum Gasteiger partial charge on any atom is 0.235 e. The number of primary amides is 1. The van der Waals surface area contributed by atoms with Crippen LogP contribution in [0.1, 0.15) is 22.3 Å². The van der Waals surface area contributed by atoms with Gasteiger partial charge in [-0.2, -0.15) is 0 Å². The van der Waals surface area contributed by atoms with Gasteiger partial charge in [0.1, 0.15) is 17.2 Å². The average molecular weight is 537 g/mol. The summed E-state index contributed by atoms with van der Waals surface area (Å²) in [6.45, 7) is 0. The van der Waals surface area contributed by atoms with E-state index in [0.717, 1.165) is 0 Å². The number of likely N-dealkylation sites (N-methyl/N-ethyl adjacent to an activating group) is 1. The van der Waals surface area contributed by atoms with Crippen LogP contribution in [-0.4, -0.2) is 82.1 Å². The molecule has 3 aliphatic rings. The number of nitrogens with two attached hydrogens (primary N) is 1. The second-order valence-corrected chi connectivity index (χ2v) is 10.7. The largest absolute Gasteiger partial charge is 0.508 e. The highest BCUT2D eigenvalue weighted by Crippen LogP contribution is 2.52. The Balaban J connectivity index is 1.68. The Morgan fingerprint density at radius 1 is 1.05 bits per heavy atom. The van der Waals surface area contributed by atoms with E-state index in [2.05, 4.69) is 0 Å². The molecule has 0 saturated heterocycles. The number of phenolic OH excluding ortho intramolecular Hbond substituents is 2. The van der Waals surface area contributed by atoms with Gasteiger partial charge in [-0.15, -0.1) is 0 Å². The van der Waals surface area contributed by atoms with Gasteiger partial charge in [0.05, 0.1) is 24.6 Å². The summed E-state index contributed by atoms with van der Waals surface area (Å²) in [6.07, 6.45) is 0.0323. The summed E-state index contributed by atoms with van der Waals surface area (Å²) in [5.41, 5.74) is 3.78. The number of hydrogen-bond donors (Lipinski definition) is 4. The number of Topliss-reactive ketones (excluding diaryl/α,β-unsaturated/α-hetero) is 4. The maximum absolute atomic E-state index is 13.9. The number of phenols is 2. The fourth-order valence-electron chi connectivity index (χ4n) is 6.76. The van der Waals surface area contributed by atoms with Crippen LogP contribution in [0.5, 0.6) is 17.2 Å². The zero-order chi connectivity index (χ0) is 28.5. The maximum atomic E-state index is 13.9. The molecule has 2 aromatic carbocycles. The third-order valence-corrected chi connectivity index (χ3v) is 8.42. The highest BCUT2D eigenvalue weighted by atomic mass is 16.5. The lowest BCUT2D eigenvalue weighted by molar-refractivity contribution is -0.181. The lowest BCUT2D eigenvalue weighted by atomic mass is 9.52. The summed E-state index contributed by atoms with van der Waals surface area (Å²) in [7, 11) is 4.50. The quantitative estimate of drug-likeness (QED) is 0.395. The normalized spacial score (nSPS) is 30.0. The van der Waals surface area contributed by atoms with Crippen LogP contribution in [0, 0.1) is 23.7 Å². The predicted octanol–water partition coefficient (Wildman–Crippen LogP) is 0.248. The zero-order valence-corrected chi connectivity index (χ0v) is 21.5. The molecule has 3 aliphatic carbocycles. The lowest BCUT2D eigenvalue weighted by Gasteiger charge is -2.52. The number of ether oxygens (including phenoxy) is 1. The monoisotopic (exact) mass is 536 g/mol. The summed E-state index contributed by atoms with van der Waals surface area (Å²) in [5.74, 6) is -10.8. The Morgan fingerprint density at radius 3 is 2.36 bits per heavy atom. The Bertz CT molecular complexity index is 1470. The molecule has 6 atom stereocenters. The van der Waals surface area contributed by atoms with E-state index < -0.39 is 64.4 Å². The minimum absolute atomic E-state index is 0.0531. The van der Waals surface area contributed by atoms with E-state index in [1.165, 1.54) is 44.3 Å². The fourth-order valence-corrected chi connectivity index (χ4v) is 6.76. The Labute approximate surface area is 223 Å². The van der Waals surface area contributed by atoms with Crippen LogP contribution in [0.3, 0.4) is 0 Å². The summed E-state index contributed by atoms with van der Waals surface area (Å²) in [4.78, 5) is 67.8. The standard InChI is InChI=1S/C28H28N2O9/c1-30(2)22-16-9-11-8-15-13(14-10-12(31)4-7-18(14)39-3)5-6-17(32)20(15)23(33)19(11)25(35)28(16,38)26(36)21(24(22)34)27(29)37/h4-7,10-11,16,19,21-22,31-32,38H,8-9H2,1-3H3,(H2,29,37)/t11-,16-,19?,21?,22-,28-/m1/s1. The molecule has 5 rings (SSSR count). The van der Waals surface area contributed by atoms with Gasteiger partial charge in [0.15, 0.2) is 34.7 Å². The molecule has 0 aromatic heterocycles. The first-order valence-corrected chi connectivity index (χ1v) is 12.4. The van der Waals surface area contributed by atoms with Gasteiger partial charge in [0.2, 0.25) is 5.91 Å². The van der Waals surface area contributed by atoms with Crippen LogP contribution in [-0.2, 0) is 25.6 Å².